The first-order valence-electron chi connectivity index (χ1n) is 6.58. The summed E-state index contributed by atoms with van der Waals surface area (Å²) in [6.07, 6.45) is 2.14. The van der Waals surface area contributed by atoms with Crippen LogP contribution in [0.25, 0.3) is 0 Å². The molecule has 1 aliphatic heterocycles. The first-order chi connectivity index (χ1) is 7.62. The fourth-order valence-corrected chi connectivity index (χ4v) is 1.97. The Morgan fingerprint density at radius 1 is 1.35 bits per heavy atom. The van der Waals surface area contributed by atoms with E-state index in [0.29, 0.717) is 13.0 Å². The van der Waals surface area contributed by atoms with Crippen molar-refractivity contribution < 1.29 is 9.90 Å². The highest BCUT2D eigenvalue weighted by Crippen LogP contribution is 2.31. The summed E-state index contributed by atoms with van der Waals surface area (Å²) in [7, 11) is 0. The van der Waals surface area contributed by atoms with Crippen LogP contribution in [0.5, 0.6) is 0 Å². The highest BCUT2D eigenvalue weighted by Gasteiger charge is 2.31. The second-order valence-corrected chi connectivity index (χ2v) is 7.14. The molecule has 1 saturated heterocycles. The van der Waals surface area contributed by atoms with E-state index in [1.807, 2.05) is 25.7 Å². The van der Waals surface area contributed by atoms with Crippen LogP contribution in [0.4, 0.5) is 0 Å². The van der Waals surface area contributed by atoms with Crippen LogP contribution in [-0.2, 0) is 4.79 Å². The summed E-state index contributed by atoms with van der Waals surface area (Å²) in [5, 5.41) is 10.1. The first kappa shape index (κ1) is 14.5. The second-order valence-electron chi connectivity index (χ2n) is 7.14. The number of hydrogen-bond donors (Lipinski definition) is 1. The SMILES string of the molecule is CC1(C)CCC(=O)N(CC(O)C(C)(C)C)CC1. The zero-order valence-electron chi connectivity index (χ0n) is 11.9. The van der Waals surface area contributed by atoms with E-state index in [0.717, 1.165) is 19.4 Å². The quantitative estimate of drug-likeness (QED) is 0.806. The van der Waals surface area contributed by atoms with Crippen LogP contribution in [0.2, 0.25) is 0 Å². The number of amides is 1. The van der Waals surface area contributed by atoms with Gasteiger partial charge in [-0.2, -0.15) is 0 Å². The minimum atomic E-state index is -0.451. The van der Waals surface area contributed by atoms with Crippen LogP contribution in [0.1, 0.15) is 53.9 Å². The Morgan fingerprint density at radius 2 is 1.94 bits per heavy atom. The van der Waals surface area contributed by atoms with E-state index in [2.05, 4.69) is 13.8 Å². The third-order valence-electron chi connectivity index (χ3n) is 3.82. The van der Waals surface area contributed by atoms with Gasteiger partial charge in [-0.15, -0.1) is 0 Å². The van der Waals surface area contributed by atoms with E-state index < -0.39 is 6.10 Å². The zero-order chi connectivity index (χ0) is 13.3. The molecule has 1 amide bonds. The molecule has 0 saturated carbocycles. The molecule has 1 fully saturated rings. The number of carbonyl (C=O) groups excluding carboxylic acids is 1. The fraction of sp³-hybridized carbons (Fsp3) is 0.929. The molecule has 1 N–H and O–H groups in total. The second kappa shape index (κ2) is 4.97. The van der Waals surface area contributed by atoms with Gasteiger partial charge in [0, 0.05) is 19.5 Å². The monoisotopic (exact) mass is 241 g/mol. The van der Waals surface area contributed by atoms with Crippen molar-refractivity contribution in [2.45, 2.75) is 60.0 Å². The van der Waals surface area contributed by atoms with Gasteiger partial charge in [-0.05, 0) is 23.7 Å². The van der Waals surface area contributed by atoms with E-state index in [9.17, 15) is 9.90 Å². The molecule has 1 unspecified atom stereocenters. The highest BCUT2D eigenvalue weighted by molar-refractivity contribution is 5.76. The number of aliphatic hydroxyl groups is 1. The number of aliphatic hydroxyl groups excluding tert-OH is 1. The Kier molecular flexibility index (Phi) is 4.23. The molecule has 0 bridgehead atoms. The number of hydrogen-bond acceptors (Lipinski definition) is 2. The maximum absolute atomic E-state index is 12.0. The first-order valence-corrected chi connectivity index (χ1v) is 6.58. The lowest BCUT2D eigenvalue weighted by Gasteiger charge is -2.31. The van der Waals surface area contributed by atoms with E-state index in [1.54, 1.807) is 0 Å². The Bertz CT molecular complexity index is 278. The standard InChI is InChI=1S/C14H27NO2/c1-13(2,3)11(16)10-15-9-8-14(4,5)7-6-12(15)17/h11,16H,6-10H2,1-5H3. The van der Waals surface area contributed by atoms with E-state index in [-0.39, 0.29) is 16.7 Å². The molecule has 1 heterocycles. The molecule has 0 aromatic carbocycles. The third kappa shape index (κ3) is 4.30. The van der Waals surface area contributed by atoms with Crippen LogP contribution >= 0.6 is 0 Å². The number of likely N-dealkylation sites (tertiary alicyclic amines) is 1. The lowest BCUT2D eigenvalue weighted by Crippen LogP contribution is -2.42. The molecule has 0 spiro atoms. The van der Waals surface area contributed by atoms with Gasteiger partial charge in [-0.3, -0.25) is 4.79 Å². The van der Waals surface area contributed by atoms with Crippen molar-refractivity contribution in [3.8, 4) is 0 Å². The molecule has 0 aliphatic carbocycles. The van der Waals surface area contributed by atoms with Crippen LogP contribution in [-0.4, -0.2) is 35.1 Å². The van der Waals surface area contributed by atoms with Crippen molar-refractivity contribution in [2.24, 2.45) is 10.8 Å². The molecule has 17 heavy (non-hydrogen) atoms. The van der Waals surface area contributed by atoms with Gasteiger partial charge < -0.3 is 10.0 Å². The van der Waals surface area contributed by atoms with Gasteiger partial charge >= 0.3 is 0 Å². The van der Waals surface area contributed by atoms with Gasteiger partial charge in [0.15, 0.2) is 0 Å². The maximum Gasteiger partial charge on any atom is 0.222 e. The van der Waals surface area contributed by atoms with Crippen LogP contribution in [0.15, 0.2) is 0 Å². The summed E-state index contributed by atoms with van der Waals surface area (Å²) in [5.41, 5.74) is 0.0825. The van der Waals surface area contributed by atoms with E-state index in [1.165, 1.54) is 0 Å². The minimum Gasteiger partial charge on any atom is -0.391 e. The topological polar surface area (TPSA) is 40.5 Å². The van der Waals surface area contributed by atoms with Crippen LogP contribution in [0.3, 0.4) is 0 Å². The normalized spacial score (nSPS) is 23.4. The predicted molar refractivity (Wildman–Crippen MR) is 69.7 cm³/mol. The number of rotatable bonds is 2. The molecule has 100 valence electrons. The lowest BCUT2D eigenvalue weighted by molar-refractivity contribution is -0.133. The van der Waals surface area contributed by atoms with Gasteiger partial charge in [-0.1, -0.05) is 34.6 Å². The zero-order valence-corrected chi connectivity index (χ0v) is 11.9. The summed E-state index contributed by atoms with van der Waals surface area (Å²) in [6, 6.07) is 0. The predicted octanol–water partition coefficient (Wildman–Crippen LogP) is 2.43. The Labute approximate surface area is 105 Å². The van der Waals surface area contributed by atoms with Gasteiger partial charge in [0.1, 0.15) is 0 Å². The molecule has 0 radical (unpaired) electrons. The van der Waals surface area contributed by atoms with Gasteiger partial charge in [0.05, 0.1) is 6.10 Å². The molecular formula is C14H27NO2. The highest BCUT2D eigenvalue weighted by atomic mass is 16.3. The molecule has 3 heteroatoms. The van der Waals surface area contributed by atoms with Crippen molar-refractivity contribution >= 4 is 5.91 Å². The maximum atomic E-state index is 12.0. The summed E-state index contributed by atoms with van der Waals surface area (Å²) in [6.45, 7) is 11.7. The largest absolute Gasteiger partial charge is 0.391 e. The molecule has 0 aromatic rings. The Morgan fingerprint density at radius 3 is 2.47 bits per heavy atom. The third-order valence-corrected chi connectivity index (χ3v) is 3.82. The van der Waals surface area contributed by atoms with Crippen molar-refractivity contribution in [3.63, 3.8) is 0 Å². The minimum absolute atomic E-state index is 0.165. The van der Waals surface area contributed by atoms with E-state index in [4.69, 9.17) is 0 Å². The van der Waals surface area contributed by atoms with Crippen molar-refractivity contribution in [1.82, 2.24) is 4.90 Å². The average Bonchev–Trinajstić information content (AvgIpc) is 2.29. The van der Waals surface area contributed by atoms with Gasteiger partial charge in [0.25, 0.3) is 0 Å². The fourth-order valence-electron chi connectivity index (χ4n) is 1.97. The summed E-state index contributed by atoms with van der Waals surface area (Å²) < 4.78 is 0. The van der Waals surface area contributed by atoms with Crippen molar-refractivity contribution in [2.75, 3.05) is 13.1 Å². The number of β-amino-alcohol motifs (C(OH)–C–C–N with tert-alkyl or cyclic N) is 1. The van der Waals surface area contributed by atoms with Crippen LogP contribution in [0, 0.1) is 10.8 Å². The summed E-state index contributed by atoms with van der Waals surface area (Å²) in [4.78, 5) is 13.8. The molecule has 1 rings (SSSR count). The van der Waals surface area contributed by atoms with Crippen LogP contribution < -0.4 is 0 Å². The Balaban J connectivity index is 2.62. The number of nitrogens with zero attached hydrogens (tertiary/aromatic N) is 1. The summed E-state index contributed by atoms with van der Waals surface area (Å²) >= 11 is 0. The molecule has 1 atom stereocenters. The van der Waals surface area contributed by atoms with Crippen molar-refractivity contribution in [1.29, 1.82) is 0 Å². The molecule has 1 aliphatic rings. The number of carbonyl (C=O) groups is 1. The Hall–Kier alpha value is -0.570. The summed E-state index contributed by atoms with van der Waals surface area (Å²) in [5.74, 6) is 0.193. The van der Waals surface area contributed by atoms with Gasteiger partial charge in [0.2, 0.25) is 5.91 Å². The van der Waals surface area contributed by atoms with E-state index >= 15 is 0 Å². The molecular weight excluding hydrogens is 214 g/mol. The van der Waals surface area contributed by atoms with Crippen molar-refractivity contribution in [3.05, 3.63) is 0 Å². The lowest BCUT2D eigenvalue weighted by atomic mass is 9.85. The average molecular weight is 241 g/mol. The van der Waals surface area contributed by atoms with Gasteiger partial charge in [-0.25, -0.2) is 0 Å². The smallest absolute Gasteiger partial charge is 0.222 e. The molecule has 3 nitrogen and oxygen atoms in total. The molecule has 0 aromatic heterocycles.